The molecule has 0 bridgehead atoms. The molecule has 1 aliphatic carbocycles. The second-order valence-electron chi connectivity index (χ2n) is 8.00. The highest BCUT2D eigenvalue weighted by Crippen LogP contribution is 2.41. The van der Waals surface area contributed by atoms with Gasteiger partial charge in [-0.15, -0.1) is 0 Å². The van der Waals surface area contributed by atoms with E-state index >= 15 is 0 Å². The number of benzene rings is 1. The molecule has 0 spiro atoms. The number of nitrogens with zero attached hydrogens (tertiary/aromatic N) is 5. The highest BCUT2D eigenvalue weighted by molar-refractivity contribution is 6.31. The minimum absolute atomic E-state index is 0.0805. The van der Waals surface area contributed by atoms with Gasteiger partial charge in [0.15, 0.2) is 11.6 Å². The summed E-state index contributed by atoms with van der Waals surface area (Å²) in [6.07, 6.45) is 0.967. The molecule has 1 saturated heterocycles. The lowest BCUT2D eigenvalue weighted by Crippen LogP contribution is -2.54. The van der Waals surface area contributed by atoms with Crippen LogP contribution in [0.3, 0.4) is 0 Å². The van der Waals surface area contributed by atoms with Gasteiger partial charge in [-0.1, -0.05) is 11.6 Å². The standard InChI is InChI=1S/C20H21ClFN7O2/c1-10-9-28(6-7-29(10)20(30)31)19-23-14-5-4-12(21)8-13(14)17(25-19)24-18-15(22)16(26-27-18)11-2-3-11/h4-5,8,10-11H,2-3,6-7,9H2,1H3,(H,30,31)(H2,23,24,25,26,27). The molecule has 1 aliphatic heterocycles. The Morgan fingerprint density at radius 2 is 2.10 bits per heavy atom. The molecule has 9 nitrogen and oxygen atoms in total. The molecule has 0 radical (unpaired) electrons. The van der Waals surface area contributed by atoms with E-state index in [1.807, 2.05) is 11.8 Å². The quantitative estimate of drug-likeness (QED) is 0.557. The Morgan fingerprint density at radius 3 is 2.81 bits per heavy atom. The number of fused-ring (bicyclic) bond motifs is 1. The number of aromatic nitrogens is 4. The highest BCUT2D eigenvalue weighted by atomic mass is 35.5. The van der Waals surface area contributed by atoms with Crippen molar-refractivity contribution in [1.29, 1.82) is 0 Å². The molecule has 3 aromatic rings. The number of halogens is 2. The van der Waals surface area contributed by atoms with Gasteiger partial charge in [-0.3, -0.25) is 5.10 Å². The van der Waals surface area contributed by atoms with Crippen LogP contribution in [0.2, 0.25) is 5.02 Å². The Hall–Kier alpha value is -3.14. The lowest BCUT2D eigenvalue weighted by atomic mass is 10.2. The van der Waals surface area contributed by atoms with Gasteiger partial charge in [-0.25, -0.2) is 14.2 Å². The van der Waals surface area contributed by atoms with E-state index < -0.39 is 11.9 Å². The summed E-state index contributed by atoms with van der Waals surface area (Å²) in [6, 6.07) is 5.02. The summed E-state index contributed by atoms with van der Waals surface area (Å²) in [4.78, 5) is 24.0. The number of amides is 1. The van der Waals surface area contributed by atoms with Gasteiger partial charge in [0.2, 0.25) is 5.95 Å². The summed E-state index contributed by atoms with van der Waals surface area (Å²) in [5, 5.41) is 20.4. The maximum Gasteiger partial charge on any atom is 0.407 e. The van der Waals surface area contributed by atoms with Crippen molar-refractivity contribution in [1.82, 2.24) is 25.1 Å². The van der Waals surface area contributed by atoms with Gasteiger partial charge < -0.3 is 20.2 Å². The molecule has 3 heterocycles. The molecular weight excluding hydrogens is 425 g/mol. The van der Waals surface area contributed by atoms with Crippen molar-refractivity contribution in [3.63, 3.8) is 0 Å². The molecule has 2 fully saturated rings. The van der Waals surface area contributed by atoms with Gasteiger partial charge in [0.1, 0.15) is 5.82 Å². The summed E-state index contributed by atoms with van der Waals surface area (Å²) < 4.78 is 14.8. The minimum Gasteiger partial charge on any atom is -0.465 e. The summed E-state index contributed by atoms with van der Waals surface area (Å²) >= 11 is 6.18. The van der Waals surface area contributed by atoms with E-state index in [9.17, 15) is 14.3 Å². The molecule has 2 aliphatic rings. The van der Waals surface area contributed by atoms with E-state index in [1.165, 1.54) is 4.90 Å². The number of carbonyl (C=O) groups is 1. The van der Waals surface area contributed by atoms with Crippen LogP contribution in [0.4, 0.5) is 26.8 Å². The molecule has 5 rings (SSSR count). The van der Waals surface area contributed by atoms with Crippen molar-refractivity contribution in [3.8, 4) is 0 Å². The average molecular weight is 446 g/mol. The summed E-state index contributed by atoms with van der Waals surface area (Å²) in [6.45, 7) is 3.10. The van der Waals surface area contributed by atoms with Crippen LogP contribution in [0.15, 0.2) is 18.2 Å². The maximum absolute atomic E-state index is 14.8. The van der Waals surface area contributed by atoms with Crippen molar-refractivity contribution in [2.75, 3.05) is 29.9 Å². The third kappa shape index (κ3) is 3.71. The number of rotatable bonds is 4. The van der Waals surface area contributed by atoms with E-state index in [4.69, 9.17) is 11.6 Å². The molecule has 11 heteroatoms. The first-order chi connectivity index (χ1) is 14.9. The second-order valence-corrected chi connectivity index (χ2v) is 8.44. The third-order valence-corrected chi connectivity index (χ3v) is 5.99. The van der Waals surface area contributed by atoms with Crippen molar-refractivity contribution in [2.45, 2.75) is 31.7 Å². The molecule has 162 valence electrons. The zero-order chi connectivity index (χ0) is 21.7. The van der Waals surface area contributed by atoms with Crippen LogP contribution in [-0.4, -0.2) is 61.9 Å². The SMILES string of the molecule is CC1CN(c2nc(Nc3n[nH]c(C4CC4)c3F)c3cc(Cl)ccc3n2)CCN1C(=O)O. The third-order valence-electron chi connectivity index (χ3n) is 5.76. The highest BCUT2D eigenvalue weighted by Gasteiger charge is 2.31. The van der Waals surface area contributed by atoms with Gasteiger partial charge in [0.05, 0.1) is 11.2 Å². The van der Waals surface area contributed by atoms with Crippen LogP contribution >= 0.6 is 11.6 Å². The predicted molar refractivity (Wildman–Crippen MR) is 115 cm³/mol. The first kappa shape index (κ1) is 19.8. The number of piperazine rings is 1. The van der Waals surface area contributed by atoms with Crippen molar-refractivity contribution in [3.05, 3.63) is 34.7 Å². The molecule has 1 atom stereocenters. The molecular formula is C20H21ClFN7O2. The Labute approximate surface area is 182 Å². The van der Waals surface area contributed by atoms with Crippen LogP contribution in [-0.2, 0) is 0 Å². The Kier molecular flexibility index (Phi) is 4.81. The lowest BCUT2D eigenvalue weighted by Gasteiger charge is -2.38. The van der Waals surface area contributed by atoms with E-state index in [2.05, 4.69) is 25.5 Å². The molecule has 31 heavy (non-hydrogen) atoms. The van der Waals surface area contributed by atoms with Crippen molar-refractivity contribution >= 4 is 46.2 Å². The van der Waals surface area contributed by atoms with Gasteiger partial charge in [-0.05, 0) is 38.0 Å². The second kappa shape index (κ2) is 7.52. The molecule has 2 aromatic heterocycles. The van der Waals surface area contributed by atoms with E-state index in [-0.39, 0.29) is 17.8 Å². The molecule has 1 saturated carbocycles. The number of anilines is 3. The zero-order valence-electron chi connectivity index (χ0n) is 16.8. The summed E-state index contributed by atoms with van der Waals surface area (Å²) in [5.74, 6) is 0.705. The fraction of sp³-hybridized carbons (Fsp3) is 0.400. The fourth-order valence-corrected chi connectivity index (χ4v) is 4.10. The van der Waals surface area contributed by atoms with Crippen molar-refractivity contribution < 1.29 is 14.3 Å². The van der Waals surface area contributed by atoms with Crippen molar-refractivity contribution in [2.24, 2.45) is 0 Å². The van der Waals surface area contributed by atoms with E-state index in [0.29, 0.717) is 53.0 Å². The summed E-state index contributed by atoms with van der Waals surface area (Å²) in [5.41, 5.74) is 1.15. The van der Waals surface area contributed by atoms with E-state index in [1.54, 1.807) is 18.2 Å². The van der Waals surface area contributed by atoms with Gasteiger partial charge in [0, 0.05) is 42.0 Å². The number of aromatic amines is 1. The van der Waals surface area contributed by atoms with E-state index in [0.717, 1.165) is 12.8 Å². The number of H-pyrrole nitrogens is 1. The smallest absolute Gasteiger partial charge is 0.407 e. The van der Waals surface area contributed by atoms with Gasteiger partial charge in [-0.2, -0.15) is 10.1 Å². The lowest BCUT2D eigenvalue weighted by molar-refractivity contribution is 0.122. The monoisotopic (exact) mass is 445 g/mol. The van der Waals surface area contributed by atoms with Gasteiger partial charge >= 0.3 is 6.09 Å². The van der Waals surface area contributed by atoms with Gasteiger partial charge in [0.25, 0.3) is 0 Å². The minimum atomic E-state index is -0.941. The first-order valence-corrected chi connectivity index (χ1v) is 10.5. The molecule has 1 aromatic carbocycles. The zero-order valence-corrected chi connectivity index (χ0v) is 17.5. The number of nitrogens with one attached hydrogen (secondary N) is 2. The predicted octanol–water partition coefficient (Wildman–Crippen LogP) is 3.95. The number of hydrogen-bond donors (Lipinski definition) is 3. The molecule has 1 unspecified atom stereocenters. The van der Waals surface area contributed by atoms with Crippen LogP contribution < -0.4 is 10.2 Å². The van der Waals surface area contributed by atoms with Crippen LogP contribution in [0.5, 0.6) is 0 Å². The number of hydrogen-bond acceptors (Lipinski definition) is 6. The Balaban J connectivity index is 1.51. The molecule has 3 N–H and O–H groups in total. The number of carboxylic acid groups (broad SMARTS) is 1. The van der Waals surface area contributed by atoms with Crippen LogP contribution in [0, 0.1) is 5.82 Å². The average Bonchev–Trinajstić information content (AvgIpc) is 3.52. The van der Waals surface area contributed by atoms with Crippen LogP contribution in [0.1, 0.15) is 31.4 Å². The Morgan fingerprint density at radius 1 is 1.29 bits per heavy atom. The maximum atomic E-state index is 14.8. The normalized spacial score (nSPS) is 19.1. The van der Waals surface area contributed by atoms with Crippen LogP contribution in [0.25, 0.3) is 10.9 Å². The summed E-state index contributed by atoms with van der Waals surface area (Å²) in [7, 11) is 0. The first-order valence-electron chi connectivity index (χ1n) is 10.1. The fourth-order valence-electron chi connectivity index (χ4n) is 3.93. The largest absolute Gasteiger partial charge is 0.465 e. The topological polar surface area (TPSA) is 110 Å². The Bertz CT molecular complexity index is 1170. The molecule has 1 amide bonds.